The highest BCUT2D eigenvalue weighted by atomic mass is 31.2. The number of esters is 1. The first kappa shape index (κ1) is 17.7. The number of ether oxygens (including phenoxy) is 1. The molecule has 0 heterocycles. The summed E-state index contributed by atoms with van der Waals surface area (Å²) < 4.78 is 23.2. The van der Waals surface area contributed by atoms with Crippen LogP contribution in [0.5, 0.6) is 5.75 Å². The second-order valence-corrected chi connectivity index (χ2v) is 6.69. The molecule has 0 fully saturated rings. The Bertz CT molecular complexity index is 467. The monoisotopic (exact) mass is 314 g/mol. The number of benzene rings is 1. The van der Waals surface area contributed by atoms with Crippen molar-refractivity contribution in [3.63, 3.8) is 0 Å². The number of hydrogen-bond acceptors (Lipinski definition) is 5. The van der Waals surface area contributed by atoms with E-state index < -0.39 is 13.5 Å². The Labute approximate surface area is 125 Å². The molecule has 1 aromatic carbocycles. The van der Waals surface area contributed by atoms with E-state index in [-0.39, 0.29) is 6.54 Å². The summed E-state index contributed by atoms with van der Waals surface area (Å²) in [5.41, 5.74) is 0. The fourth-order valence-electron chi connectivity index (χ4n) is 1.67. The van der Waals surface area contributed by atoms with Gasteiger partial charge in [-0.1, -0.05) is 18.2 Å². The van der Waals surface area contributed by atoms with Gasteiger partial charge in [0.1, 0.15) is 12.3 Å². The van der Waals surface area contributed by atoms with E-state index in [1.807, 2.05) is 13.1 Å². The Kier molecular flexibility index (Phi) is 8.05. The van der Waals surface area contributed by atoms with Crippen LogP contribution in [0.4, 0.5) is 0 Å². The van der Waals surface area contributed by atoms with E-state index in [9.17, 15) is 9.36 Å². The zero-order valence-electron chi connectivity index (χ0n) is 12.5. The molecule has 0 aromatic heterocycles. The van der Waals surface area contributed by atoms with Crippen molar-refractivity contribution in [2.24, 2.45) is 0 Å². The summed E-state index contributed by atoms with van der Waals surface area (Å²) in [5, 5.41) is 5.71. The van der Waals surface area contributed by atoms with Crippen molar-refractivity contribution >= 4 is 13.5 Å². The maximum absolute atomic E-state index is 12.8. The molecule has 0 bridgehead atoms. The SMILES string of the molecule is CCOC(=O)CNP(=O)(CCCNC)Oc1ccccc1. The lowest BCUT2D eigenvalue weighted by Crippen LogP contribution is -2.26. The average Bonchev–Trinajstić information content (AvgIpc) is 2.47. The highest BCUT2D eigenvalue weighted by Crippen LogP contribution is 2.43. The lowest BCUT2D eigenvalue weighted by Gasteiger charge is -2.20. The molecular formula is C14H23N2O4P. The number of nitrogens with one attached hydrogen (secondary N) is 2. The summed E-state index contributed by atoms with van der Waals surface area (Å²) in [5.74, 6) is 0.0738. The fraction of sp³-hybridized carbons (Fsp3) is 0.500. The van der Waals surface area contributed by atoms with Crippen molar-refractivity contribution in [3.05, 3.63) is 30.3 Å². The predicted octanol–water partition coefficient (Wildman–Crippen LogP) is 2.02. The highest BCUT2D eigenvalue weighted by Gasteiger charge is 2.25. The van der Waals surface area contributed by atoms with Crippen molar-refractivity contribution in [1.29, 1.82) is 0 Å². The van der Waals surface area contributed by atoms with Crippen LogP contribution in [0.15, 0.2) is 30.3 Å². The Balaban J connectivity index is 2.65. The van der Waals surface area contributed by atoms with Gasteiger partial charge in [0.05, 0.1) is 12.8 Å². The van der Waals surface area contributed by atoms with Crippen molar-refractivity contribution in [1.82, 2.24) is 10.4 Å². The minimum Gasteiger partial charge on any atom is -0.465 e. The van der Waals surface area contributed by atoms with Crippen LogP contribution >= 0.6 is 7.52 Å². The van der Waals surface area contributed by atoms with Crippen molar-refractivity contribution in [3.8, 4) is 5.75 Å². The van der Waals surface area contributed by atoms with Crippen LogP contribution in [0.25, 0.3) is 0 Å². The molecular weight excluding hydrogens is 291 g/mol. The summed E-state index contributed by atoms with van der Waals surface area (Å²) in [6, 6.07) is 8.93. The quantitative estimate of drug-likeness (QED) is 0.391. The molecule has 1 rings (SSSR count). The number of rotatable bonds is 10. The molecule has 0 aliphatic rings. The normalized spacial score (nSPS) is 13.4. The van der Waals surface area contributed by atoms with Crippen LogP contribution in [0.1, 0.15) is 13.3 Å². The van der Waals surface area contributed by atoms with Gasteiger partial charge in [0.15, 0.2) is 0 Å². The minimum absolute atomic E-state index is 0.127. The summed E-state index contributed by atoms with van der Waals surface area (Å²) in [6.45, 7) is 2.62. The number of carbonyl (C=O) groups is 1. The van der Waals surface area contributed by atoms with Gasteiger partial charge in [0, 0.05) is 0 Å². The molecule has 0 aliphatic heterocycles. The largest absolute Gasteiger partial charge is 0.465 e. The Morgan fingerprint density at radius 3 is 2.62 bits per heavy atom. The van der Waals surface area contributed by atoms with Crippen molar-refractivity contribution in [2.75, 3.05) is 32.9 Å². The average molecular weight is 314 g/mol. The second-order valence-electron chi connectivity index (χ2n) is 4.40. The number of para-hydroxylation sites is 1. The lowest BCUT2D eigenvalue weighted by molar-refractivity contribution is -0.141. The van der Waals surface area contributed by atoms with Gasteiger partial charge >= 0.3 is 13.5 Å². The van der Waals surface area contributed by atoms with E-state index >= 15 is 0 Å². The van der Waals surface area contributed by atoms with Crippen LogP contribution in [0.2, 0.25) is 0 Å². The van der Waals surface area contributed by atoms with Gasteiger partial charge in [-0.3, -0.25) is 9.36 Å². The molecule has 0 radical (unpaired) electrons. The van der Waals surface area contributed by atoms with Crippen molar-refractivity contribution in [2.45, 2.75) is 13.3 Å². The van der Waals surface area contributed by atoms with E-state index in [1.54, 1.807) is 31.2 Å². The highest BCUT2D eigenvalue weighted by molar-refractivity contribution is 7.57. The van der Waals surface area contributed by atoms with E-state index in [4.69, 9.17) is 9.26 Å². The molecule has 6 nitrogen and oxygen atoms in total. The molecule has 1 aromatic rings. The molecule has 0 saturated carbocycles. The third-order valence-electron chi connectivity index (χ3n) is 2.64. The van der Waals surface area contributed by atoms with Crippen LogP contribution < -0.4 is 14.9 Å². The third kappa shape index (κ3) is 7.27. The van der Waals surface area contributed by atoms with E-state index in [0.29, 0.717) is 24.9 Å². The minimum atomic E-state index is -3.14. The zero-order valence-corrected chi connectivity index (χ0v) is 13.4. The molecule has 0 aliphatic carbocycles. The summed E-state index contributed by atoms with van der Waals surface area (Å²) in [4.78, 5) is 11.4. The predicted molar refractivity (Wildman–Crippen MR) is 82.7 cm³/mol. The Morgan fingerprint density at radius 2 is 2.00 bits per heavy atom. The van der Waals surface area contributed by atoms with E-state index in [2.05, 4.69) is 10.4 Å². The summed E-state index contributed by atoms with van der Waals surface area (Å²) in [7, 11) is -1.31. The molecule has 1 atom stereocenters. The van der Waals surface area contributed by atoms with Gasteiger partial charge in [-0.25, -0.2) is 5.09 Å². The first-order valence-electron chi connectivity index (χ1n) is 6.98. The van der Waals surface area contributed by atoms with Gasteiger partial charge in [-0.2, -0.15) is 0 Å². The van der Waals surface area contributed by atoms with Crippen LogP contribution in [0.3, 0.4) is 0 Å². The second kappa shape index (κ2) is 9.55. The smallest absolute Gasteiger partial charge is 0.320 e. The van der Waals surface area contributed by atoms with Crippen LogP contribution in [0, 0.1) is 0 Å². The standard InChI is InChI=1S/C14H23N2O4P/c1-3-19-14(17)12-16-21(18,11-7-10-15-2)20-13-8-5-4-6-9-13/h4-6,8-9,15H,3,7,10-12H2,1-2H3,(H,16,18). The molecule has 118 valence electrons. The Morgan fingerprint density at radius 1 is 1.29 bits per heavy atom. The first-order chi connectivity index (χ1) is 10.1. The molecule has 2 N–H and O–H groups in total. The molecule has 7 heteroatoms. The van der Waals surface area contributed by atoms with Gasteiger partial charge in [0.2, 0.25) is 0 Å². The van der Waals surface area contributed by atoms with Gasteiger partial charge in [-0.15, -0.1) is 0 Å². The van der Waals surface area contributed by atoms with Gasteiger partial charge < -0.3 is 14.6 Å². The first-order valence-corrected chi connectivity index (χ1v) is 8.79. The summed E-state index contributed by atoms with van der Waals surface area (Å²) >= 11 is 0. The molecule has 0 amide bonds. The fourth-order valence-corrected chi connectivity index (χ4v) is 3.39. The topological polar surface area (TPSA) is 76.7 Å². The van der Waals surface area contributed by atoms with Gasteiger partial charge in [-0.05, 0) is 39.1 Å². The lowest BCUT2D eigenvalue weighted by atomic mass is 10.3. The molecule has 0 spiro atoms. The van der Waals surface area contributed by atoms with Crippen molar-refractivity contribution < 1.29 is 18.6 Å². The van der Waals surface area contributed by atoms with Crippen LogP contribution in [-0.4, -0.2) is 38.9 Å². The van der Waals surface area contributed by atoms with Crippen LogP contribution in [-0.2, 0) is 14.1 Å². The molecule has 0 saturated heterocycles. The van der Waals surface area contributed by atoms with E-state index in [0.717, 1.165) is 6.54 Å². The third-order valence-corrected chi connectivity index (χ3v) is 4.70. The maximum atomic E-state index is 12.8. The zero-order chi connectivity index (χ0) is 15.6. The molecule has 21 heavy (non-hydrogen) atoms. The molecule has 1 unspecified atom stereocenters. The summed E-state index contributed by atoms with van der Waals surface area (Å²) in [6.07, 6.45) is 1.01. The number of carbonyl (C=O) groups excluding carboxylic acids is 1. The van der Waals surface area contributed by atoms with Gasteiger partial charge in [0.25, 0.3) is 0 Å². The van der Waals surface area contributed by atoms with E-state index in [1.165, 1.54) is 0 Å². The Hall–Kier alpha value is -1.36. The maximum Gasteiger partial charge on any atom is 0.320 e. The number of hydrogen-bond donors (Lipinski definition) is 2.